The van der Waals surface area contributed by atoms with Gasteiger partial charge < -0.3 is 9.57 Å². The molecule has 1 unspecified atom stereocenters. The Morgan fingerprint density at radius 1 is 1.00 bits per heavy atom. The Morgan fingerprint density at radius 3 is 2.12 bits per heavy atom. The quantitative estimate of drug-likeness (QED) is 0.246. The first kappa shape index (κ1) is 22.0. The Kier molecular flexibility index (Phi) is 13.4. The van der Waals surface area contributed by atoms with Gasteiger partial charge in [0.25, 0.3) is 0 Å². The second-order valence-corrected chi connectivity index (χ2v) is 7.34. The van der Waals surface area contributed by atoms with Gasteiger partial charge in [0.2, 0.25) is 0 Å². The van der Waals surface area contributed by atoms with Crippen LogP contribution < -0.4 is 0 Å². The zero-order valence-electron chi connectivity index (χ0n) is 16.6. The zero-order valence-corrected chi connectivity index (χ0v) is 16.6. The predicted molar refractivity (Wildman–Crippen MR) is 104 cm³/mol. The minimum Gasteiger partial charge on any atom is -0.469 e. The van der Waals surface area contributed by atoms with E-state index >= 15 is 0 Å². The molecule has 0 saturated carbocycles. The SMILES string of the molecule is CCCCCCCCCCCCCCC1CC(CCC(=O)OC)=NO1. The van der Waals surface area contributed by atoms with Gasteiger partial charge in [0.05, 0.1) is 19.2 Å². The molecule has 4 nitrogen and oxygen atoms in total. The van der Waals surface area contributed by atoms with Gasteiger partial charge in [-0.1, -0.05) is 82.7 Å². The molecule has 1 atom stereocenters. The number of oxime groups is 1. The standard InChI is InChI=1S/C21H39NO3/c1-3-4-5-6-7-8-9-10-11-12-13-14-15-20-18-19(22-25-20)16-17-21(23)24-2/h20H,3-18H2,1-2H3. The average molecular weight is 354 g/mol. The van der Waals surface area contributed by atoms with Crippen molar-refractivity contribution >= 4 is 11.7 Å². The zero-order chi connectivity index (χ0) is 18.2. The van der Waals surface area contributed by atoms with Gasteiger partial charge in [-0.25, -0.2) is 0 Å². The number of unbranched alkanes of at least 4 members (excludes halogenated alkanes) is 11. The lowest BCUT2D eigenvalue weighted by atomic mass is 10.0. The van der Waals surface area contributed by atoms with Crippen LogP contribution in [-0.4, -0.2) is 24.9 Å². The number of carbonyl (C=O) groups is 1. The maximum absolute atomic E-state index is 11.1. The van der Waals surface area contributed by atoms with Crippen molar-refractivity contribution in [1.29, 1.82) is 0 Å². The highest BCUT2D eigenvalue weighted by Gasteiger charge is 2.20. The Balaban J connectivity index is 1.83. The van der Waals surface area contributed by atoms with Crippen LogP contribution in [0.2, 0.25) is 0 Å². The number of esters is 1. The normalized spacial score (nSPS) is 16.6. The van der Waals surface area contributed by atoms with Gasteiger partial charge in [-0.2, -0.15) is 0 Å². The predicted octanol–water partition coefficient (Wildman–Crippen LogP) is 6.18. The van der Waals surface area contributed by atoms with E-state index in [9.17, 15) is 4.79 Å². The number of hydrogen-bond donors (Lipinski definition) is 0. The summed E-state index contributed by atoms with van der Waals surface area (Å²) in [5.74, 6) is -0.174. The van der Waals surface area contributed by atoms with Crippen molar-refractivity contribution in [2.45, 2.75) is 116 Å². The highest BCUT2D eigenvalue weighted by Crippen LogP contribution is 2.20. The van der Waals surface area contributed by atoms with Gasteiger partial charge in [-0.05, 0) is 19.3 Å². The maximum atomic E-state index is 11.1. The van der Waals surface area contributed by atoms with E-state index in [0.717, 1.165) is 18.6 Å². The molecule has 0 amide bonds. The van der Waals surface area contributed by atoms with Gasteiger partial charge >= 0.3 is 5.97 Å². The monoisotopic (exact) mass is 353 g/mol. The summed E-state index contributed by atoms with van der Waals surface area (Å²) in [4.78, 5) is 16.6. The molecule has 1 aliphatic rings. The minimum absolute atomic E-state index is 0.174. The smallest absolute Gasteiger partial charge is 0.305 e. The van der Waals surface area contributed by atoms with Crippen molar-refractivity contribution in [3.8, 4) is 0 Å². The fraction of sp³-hybridized carbons (Fsp3) is 0.905. The summed E-state index contributed by atoms with van der Waals surface area (Å²) in [6.07, 6.45) is 19.8. The van der Waals surface area contributed by atoms with Gasteiger partial charge in [-0.3, -0.25) is 4.79 Å². The first-order chi connectivity index (χ1) is 12.3. The third-order valence-corrected chi connectivity index (χ3v) is 5.02. The summed E-state index contributed by atoms with van der Waals surface area (Å²) in [6, 6.07) is 0. The number of rotatable bonds is 16. The molecule has 25 heavy (non-hydrogen) atoms. The highest BCUT2D eigenvalue weighted by molar-refractivity contribution is 5.88. The molecule has 146 valence electrons. The van der Waals surface area contributed by atoms with E-state index in [1.807, 2.05) is 0 Å². The van der Waals surface area contributed by atoms with Crippen LogP contribution in [0.15, 0.2) is 5.16 Å². The molecule has 0 fully saturated rings. The van der Waals surface area contributed by atoms with Crippen LogP contribution in [0.4, 0.5) is 0 Å². The van der Waals surface area contributed by atoms with Crippen molar-refractivity contribution in [2.24, 2.45) is 5.16 Å². The molecule has 0 aromatic carbocycles. The van der Waals surface area contributed by atoms with Crippen LogP contribution in [0.5, 0.6) is 0 Å². The summed E-state index contributed by atoms with van der Waals surface area (Å²) >= 11 is 0. The molecule has 0 aromatic rings. The molecule has 0 radical (unpaired) electrons. The number of hydrogen-bond acceptors (Lipinski definition) is 4. The molecule has 1 rings (SSSR count). The fourth-order valence-electron chi connectivity index (χ4n) is 3.35. The lowest BCUT2D eigenvalue weighted by Gasteiger charge is -2.07. The van der Waals surface area contributed by atoms with E-state index in [-0.39, 0.29) is 12.1 Å². The molecule has 0 N–H and O–H groups in total. The van der Waals surface area contributed by atoms with E-state index in [0.29, 0.717) is 12.8 Å². The van der Waals surface area contributed by atoms with Crippen molar-refractivity contribution in [3.05, 3.63) is 0 Å². The average Bonchev–Trinajstić information content (AvgIpc) is 3.08. The fourth-order valence-corrected chi connectivity index (χ4v) is 3.35. The van der Waals surface area contributed by atoms with Gasteiger partial charge in [0.1, 0.15) is 6.10 Å². The molecule has 1 heterocycles. The van der Waals surface area contributed by atoms with Crippen LogP contribution in [0.1, 0.15) is 110 Å². The molecule has 0 spiro atoms. The minimum atomic E-state index is -0.174. The van der Waals surface area contributed by atoms with Crippen molar-refractivity contribution in [3.63, 3.8) is 0 Å². The van der Waals surface area contributed by atoms with E-state index in [1.165, 1.54) is 84.2 Å². The van der Waals surface area contributed by atoms with Crippen molar-refractivity contribution in [1.82, 2.24) is 0 Å². The second kappa shape index (κ2) is 15.2. The molecular weight excluding hydrogens is 314 g/mol. The summed E-state index contributed by atoms with van der Waals surface area (Å²) in [5, 5.41) is 4.11. The lowest BCUT2D eigenvalue weighted by Crippen LogP contribution is -2.09. The summed E-state index contributed by atoms with van der Waals surface area (Å²) in [6.45, 7) is 2.27. The molecule has 0 bridgehead atoms. The van der Waals surface area contributed by atoms with Crippen LogP contribution in [0, 0.1) is 0 Å². The third-order valence-electron chi connectivity index (χ3n) is 5.02. The number of nitrogens with zero attached hydrogens (tertiary/aromatic N) is 1. The van der Waals surface area contributed by atoms with Crippen molar-refractivity contribution in [2.75, 3.05) is 7.11 Å². The first-order valence-corrected chi connectivity index (χ1v) is 10.5. The first-order valence-electron chi connectivity index (χ1n) is 10.5. The van der Waals surface area contributed by atoms with Crippen molar-refractivity contribution < 1.29 is 14.4 Å². The third kappa shape index (κ3) is 12.0. The van der Waals surface area contributed by atoms with Crippen LogP contribution >= 0.6 is 0 Å². The molecular formula is C21H39NO3. The summed E-state index contributed by atoms with van der Waals surface area (Å²) in [7, 11) is 1.42. The topological polar surface area (TPSA) is 47.9 Å². The molecule has 0 aromatic heterocycles. The molecule has 0 saturated heterocycles. The van der Waals surface area contributed by atoms with E-state index < -0.39 is 0 Å². The van der Waals surface area contributed by atoms with Gasteiger partial charge in [-0.15, -0.1) is 0 Å². The van der Waals surface area contributed by atoms with Crippen LogP contribution in [0.3, 0.4) is 0 Å². The van der Waals surface area contributed by atoms with Crippen LogP contribution in [-0.2, 0) is 14.4 Å². The Morgan fingerprint density at radius 2 is 1.56 bits per heavy atom. The second-order valence-electron chi connectivity index (χ2n) is 7.34. The Bertz CT molecular complexity index is 368. The van der Waals surface area contributed by atoms with E-state index in [1.54, 1.807) is 0 Å². The van der Waals surface area contributed by atoms with Crippen LogP contribution in [0.25, 0.3) is 0 Å². The molecule has 0 aliphatic carbocycles. The Hall–Kier alpha value is -1.06. The number of carbonyl (C=O) groups excluding carboxylic acids is 1. The van der Waals surface area contributed by atoms with E-state index in [4.69, 9.17) is 4.84 Å². The highest BCUT2D eigenvalue weighted by atomic mass is 16.6. The summed E-state index contributed by atoms with van der Waals surface area (Å²) < 4.78 is 4.65. The summed E-state index contributed by atoms with van der Waals surface area (Å²) in [5.41, 5.74) is 1.01. The largest absolute Gasteiger partial charge is 0.469 e. The Labute approximate surface area is 154 Å². The molecule has 1 aliphatic heterocycles. The number of ether oxygens (including phenoxy) is 1. The van der Waals surface area contributed by atoms with E-state index in [2.05, 4.69) is 16.8 Å². The van der Waals surface area contributed by atoms with Gasteiger partial charge in [0.15, 0.2) is 0 Å². The van der Waals surface area contributed by atoms with Gasteiger partial charge in [0, 0.05) is 6.42 Å². The lowest BCUT2D eigenvalue weighted by molar-refractivity contribution is -0.140. The maximum Gasteiger partial charge on any atom is 0.305 e. The number of methoxy groups -OCH3 is 1. The molecule has 4 heteroatoms.